The second-order valence-electron chi connectivity index (χ2n) is 8.82. The molecule has 8 heteroatoms. The number of rotatable bonds is 3. The molecule has 3 aromatic rings. The van der Waals surface area contributed by atoms with Gasteiger partial charge in [-0.25, -0.2) is 9.29 Å². The smallest absolute Gasteiger partial charge is 0.240 e. The summed E-state index contributed by atoms with van der Waals surface area (Å²) in [6, 6.07) is 16.1. The van der Waals surface area contributed by atoms with Crippen molar-refractivity contribution in [3.8, 4) is 0 Å². The number of Topliss-reactive ketones (excluding diaryl/α,β-unsaturated/α-hetero) is 1. The van der Waals surface area contributed by atoms with E-state index in [2.05, 4.69) is 15.9 Å². The first kappa shape index (κ1) is 22.2. The third-order valence-corrected chi connectivity index (χ3v) is 7.72. The van der Waals surface area contributed by atoms with Crippen LogP contribution in [-0.2, 0) is 9.59 Å². The highest BCUT2D eigenvalue weighted by atomic mass is 79.9. The number of carbonyl (C=O) groups is 3. The van der Waals surface area contributed by atoms with Gasteiger partial charge in [-0.05, 0) is 54.1 Å². The van der Waals surface area contributed by atoms with E-state index in [9.17, 15) is 18.8 Å². The minimum atomic E-state index is -0.907. The number of fused-ring (bicyclic) bond motifs is 5. The van der Waals surface area contributed by atoms with Crippen LogP contribution in [0.1, 0.15) is 15.9 Å². The van der Waals surface area contributed by atoms with Crippen molar-refractivity contribution in [1.82, 2.24) is 0 Å². The van der Waals surface area contributed by atoms with Crippen molar-refractivity contribution in [3.05, 3.63) is 99.2 Å². The third kappa shape index (κ3) is 3.37. The van der Waals surface area contributed by atoms with Gasteiger partial charge in [0.05, 0.1) is 23.6 Å². The van der Waals surface area contributed by atoms with Crippen molar-refractivity contribution in [2.75, 3.05) is 9.80 Å². The summed E-state index contributed by atoms with van der Waals surface area (Å²) in [6.07, 6.45) is 3.77. The van der Waals surface area contributed by atoms with Crippen LogP contribution in [0.5, 0.6) is 0 Å². The van der Waals surface area contributed by atoms with Gasteiger partial charge < -0.3 is 4.90 Å². The maximum Gasteiger partial charge on any atom is 0.240 e. The van der Waals surface area contributed by atoms with E-state index in [1.807, 2.05) is 23.1 Å². The number of ketones is 1. The molecule has 0 bridgehead atoms. The zero-order valence-electron chi connectivity index (χ0n) is 18.1. The van der Waals surface area contributed by atoms with E-state index >= 15 is 0 Å². The van der Waals surface area contributed by atoms with Crippen LogP contribution in [0.2, 0.25) is 5.02 Å². The molecule has 4 atom stereocenters. The lowest BCUT2D eigenvalue weighted by atomic mass is 9.86. The predicted molar refractivity (Wildman–Crippen MR) is 135 cm³/mol. The van der Waals surface area contributed by atoms with E-state index in [0.717, 1.165) is 14.9 Å². The fourth-order valence-electron chi connectivity index (χ4n) is 5.46. The molecule has 2 fully saturated rings. The van der Waals surface area contributed by atoms with Crippen molar-refractivity contribution >= 4 is 62.6 Å². The molecule has 0 aliphatic carbocycles. The molecule has 5 nitrogen and oxygen atoms in total. The van der Waals surface area contributed by atoms with Crippen LogP contribution < -0.4 is 9.80 Å². The minimum Gasteiger partial charge on any atom is -0.352 e. The maximum absolute atomic E-state index is 13.9. The van der Waals surface area contributed by atoms with E-state index in [4.69, 9.17) is 11.6 Å². The number of amides is 2. The van der Waals surface area contributed by atoms with Gasteiger partial charge in [0.2, 0.25) is 11.8 Å². The van der Waals surface area contributed by atoms with Crippen LogP contribution in [0, 0.1) is 17.7 Å². The lowest BCUT2D eigenvalue weighted by Crippen LogP contribution is -2.48. The summed E-state index contributed by atoms with van der Waals surface area (Å²) in [7, 11) is 0. The first-order chi connectivity index (χ1) is 16.8. The molecule has 3 aromatic carbocycles. The molecule has 3 aliphatic rings. The number of halogens is 3. The highest BCUT2D eigenvalue weighted by Gasteiger charge is 2.64. The highest BCUT2D eigenvalue weighted by Crippen LogP contribution is 2.50. The summed E-state index contributed by atoms with van der Waals surface area (Å²) in [5.41, 5.74) is 2.30. The number of hydrogen-bond donors (Lipinski definition) is 0. The molecule has 0 radical (unpaired) electrons. The molecule has 3 heterocycles. The van der Waals surface area contributed by atoms with Crippen LogP contribution in [0.3, 0.4) is 0 Å². The Morgan fingerprint density at radius 3 is 2.31 bits per heavy atom. The second kappa shape index (κ2) is 8.14. The van der Waals surface area contributed by atoms with Gasteiger partial charge in [0.1, 0.15) is 11.9 Å². The van der Waals surface area contributed by atoms with Gasteiger partial charge in [0.25, 0.3) is 0 Å². The van der Waals surface area contributed by atoms with Crippen LogP contribution in [-0.4, -0.2) is 29.7 Å². The fraction of sp³-hybridized carbons (Fsp3) is 0.148. The van der Waals surface area contributed by atoms with Crippen LogP contribution in [0.4, 0.5) is 15.8 Å². The largest absolute Gasteiger partial charge is 0.352 e. The topological polar surface area (TPSA) is 57.7 Å². The van der Waals surface area contributed by atoms with Gasteiger partial charge >= 0.3 is 0 Å². The molecule has 2 saturated heterocycles. The fourth-order valence-corrected chi connectivity index (χ4v) is 5.89. The molecule has 0 saturated carbocycles. The van der Waals surface area contributed by atoms with E-state index < -0.39 is 41.6 Å². The Kier molecular flexibility index (Phi) is 5.16. The van der Waals surface area contributed by atoms with Crippen LogP contribution >= 0.6 is 27.5 Å². The molecule has 6 rings (SSSR count). The normalized spacial score (nSPS) is 24.4. The number of benzene rings is 3. The van der Waals surface area contributed by atoms with Crippen LogP contribution in [0.25, 0.3) is 6.08 Å². The minimum absolute atomic E-state index is 0.252. The van der Waals surface area contributed by atoms with Crippen molar-refractivity contribution < 1.29 is 18.8 Å². The molecule has 35 heavy (non-hydrogen) atoms. The van der Waals surface area contributed by atoms with Crippen molar-refractivity contribution in [2.45, 2.75) is 12.1 Å². The summed E-state index contributed by atoms with van der Waals surface area (Å²) < 4.78 is 14.3. The number of carbonyl (C=O) groups excluding carboxylic acids is 3. The summed E-state index contributed by atoms with van der Waals surface area (Å²) >= 11 is 9.70. The summed E-state index contributed by atoms with van der Waals surface area (Å²) in [5.74, 6) is -3.25. The Bertz CT molecular complexity index is 1420. The SMILES string of the molecule is O=C(c1ccc(Br)cc1)C1C2C(=O)N(c3ccc(F)cc3)C(=O)C2C2C=Cc3ccc(Cl)cc3N21. The molecule has 174 valence electrons. The Balaban J connectivity index is 1.50. The van der Waals surface area contributed by atoms with Gasteiger partial charge in [-0.1, -0.05) is 57.9 Å². The first-order valence-corrected chi connectivity index (χ1v) is 12.2. The molecule has 0 N–H and O–H groups in total. The van der Waals surface area contributed by atoms with Gasteiger partial charge in [0.15, 0.2) is 5.78 Å². The summed E-state index contributed by atoms with van der Waals surface area (Å²) in [5, 5.41) is 0.496. The number of hydrogen-bond acceptors (Lipinski definition) is 4. The van der Waals surface area contributed by atoms with E-state index in [1.54, 1.807) is 36.4 Å². The molecule has 3 aliphatic heterocycles. The monoisotopic (exact) mass is 550 g/mol. The van der Waals surface area contributed by atoms with Gasteiger partial charge in [-0.2, -0.15) is 0 Å². The summed E-state index contributed by atoms with van der Waals surface area (Å²) in [6.45, 7) is 0. The average Bonchev–Trinajstić information content (AvgIpc) is 3.33. The van der Waals surface area contributed by atoms with E-state index in [-0.39, 0.29) is 5.78 Å². The molecule has 4 unspecified atom stereocenters. The van der Waals surface area contributed by atoms with E-state index in [1.165, 1.54) is 24.3 Å². The summed E-state index contributed by atoms with van der Waals surface area (Å²) in [4.78, 5) is 44.4. The quantitative estimate of drug-likeness (QED) is 0.318. The first-order valence-electron chi connectivity index (χ1n) is 11.0. The Labute approximate surface area is 213 Å². The van der Waals surface area contributed by atoms with Crippen molar-refractivity contribution in [2.24, 2.45) is 11.8 Å². The second-order valence-corrected chi connectivity index (χ2v) is 10.2. The Morgan fingerprint density at radius 1 is 0.914 bits per heavy atom. The number of nitrogens with zero attached hydrogens (tertiary/aromatic N) is 2. The molecular weight excluding hydrogens is 535 g/mol. The lowest BCUT2D eigenvalue weighted by molar-refractivity contribution is -0.122. The maximum atomic E-state index is 13.9. The third-order valence-electron chi connectivity index (χ3n) is 6.95. The van der Waals surface area contributed by atoms with Gasteiger partial charge in [-0.15, -0.1) is 0 Å². The standard InChI is InChI=1S/C27H17BrClFN2O3/c28-16-5-1-15(2-6-16)25(33)24-23-22(20-12-4-14-3-7-17(29)13-21(14)32(20)24)26(34)31(27(23)35)19-10-8-18(30)9-11-19/h1-13,20,22-24H. The Hall–Kier alpha value is -3.29. The molecule has 0 aromatic heterocycles. The molecule has 2 amide bonds. The average molecular weight is 552 g/mol. The zero-order valence-corrected chi connectivity index (χ0v) is 20.4. The number of imide groups is 1. The molecule has 0 spiro atoms. The van der Waals surface area contributed by atoms with Crippen molar-refractivity contribution in [1.29, 1.82) is 0 Å². The Morgan fingerprint density at radius 2 is 1.60 bits per heavy atom. The van der Waals surface area contributed by atoms with E-state index in [0.29, 0.717) is 22.0 Å². The van der Waals surface area contributed by atoms with Crippen LogP contribution in [0.15, 0.2) is 77.3 Å². The van der Waals surface area contributed by atoms with Gasteiger partial charge in [0, 0.05) is 20.7 Å². The van der Waals surface area contributed by atoms with Gasteiger partial charge in [-0.3, -0.25) is 14.4 Å². The highest BCUT2D eigenvalue weighted by molar-refractivity contribution is 9.10. The molecular formula is C27H17BrClFN2O3. The predicted octanol–water partition coefficient (Wildman–Crippen LogP) is 5.51. The zero-order chi connectivity index (χ0) is 24.4. The number of anilines is 2. The lowest BCUT2D eigenvalue weighted by Gasteiger charge is -2.36. The van der Waals surface area contributed by atoms with Crippen molar-refractivity contribution in [3.63, 3.8) is 0 Å².